The minimum atomic E-state index is -6.15. The van der Waals surface area contributed by atoms with Gasteiger partial charge in [0.1, 0.15) is 23.0 Å². The zero-order chi connectivity index (χ0) is 26.3. The summed E-state index contributed by atoms with van der Waals surface area (Å²) in [6, 6.07) is 1.20. The molecule has 0 radical (unpaired) electrons. The van der Waals surface area contributed by atoms with Gasteiger partial charge in [-0.25, -0.2) is 23.1 Å². The van der Waals surface area contributed by atoms with E-state index in [-0.39, 0.29) is 4.64 Å². The van der Waals surface area contributed by atoms with Crippen LogP contribution in [0.3, 0.4) is 0 Å². The van der Waals surface area contributed by atoms with Gasteiger partial charge in [0.05, 0.1) is 0 Å². The third kappa shape index (κ3) is 8.28. The Labute approximate surface area is 192 Å². The maximum atomic E-state index is 11.9. The van der Waals surface area contributed by atoms with E-state index in [1.807, 2.05) is 0 Å². The Balaban J connectivity index is 2.12. The molecule has 2 heterocycles. The summed E-state index contributed by atoms with van der Waals surface area (Å²) in [5.41, 5.74) is -0.916. The van der Waals surface area contributed by atoms with Crippen LogP contribution in [0.1, 0.15) is 6.23 Å². The predicted octanol–water partition coefficient (Wildman–Crippen LogP) is -1.70. The topological polar surface area (TPSA) is 314 Å². The third-order valence-corrected chi connectivity index (χ3v) is 9.24. The lowest BCUT2D eigenvalue weighted by atomic mass is 10.1. The van der Waals surface area contributed by atoms with Gasteiger partial charge >= 0.3 is 37.0 Å². The van der Waals surface area contributed by atoms with E-state index in [1.165, 1.54) is 6.07 Å². The molecule has 1 aromatic heterocycles. The Morgan fingerprint density at radius 1 is 0.971 bits per heavy atom. The monoisotopic (exact) mass is 596 g/mol. The summed E-state index contributed by atoms with van der Waals surface area (Å²) in [6.07, 6.45) is -9.45. The molecule has 0 spiro atoms. The number of H-pyrrole nitrogens is 1. The van der Waals surface area contributed by atoms with Crippen molar-refractivity contribution in [1.82, 2.24) is 9.55 Å². The number of rotatable bonds is 10. The smallest absolute Gasteiger partial charge is 0.387 e. The van der Waals surface area contributed by atoms with E-state index in [2.05, 4.69) is 22.4 Å². The number of phosphoric ester groups is 1. The average molecular weight is 596 g/mol. The third-order valence-electron chi connectivity index (χ3n) is 3.55. The number of aliphatic hydroxyl groups is 3. The number of nitrogens with zero attached hydrogens (tertiary/aromatic N) is 1. The first-order chi connectivity index (χ1) is 15.2. The summed E-state index contributed by atoms with van der Waals surface area (Å²) in [6.45, 7) is 0. The highest BCUT2D eigenvalue weighted by Gasteiger charge is 2.51. The molecule has 8 atom stereocenters. The zero-order valence-corrected chi connectivity index (χ0v) is 20.2. The largest absolute Gasteiger partial charge is 0.490 e. The summed E-state index contributed by atoms with van der Waals surface area (Å²) >= 11 is 4.73. The Hall–Kier alpha value is -0.500. The molecule has 34 heavy (non-hydrogen) atoms. The second-order valence-corrected chi connectivity index (χ2v) is 12.5. The van der Waals surface area contributed by atoms with Gasteiger partial charge in [0, 0.05) is 6.20 Å². The van der Waals surface area contributed by atoms with E-state index in [1.54, 1.807) is 0 Å². The normalized spacial score (nSPS) is 29.6. The Morgan fingerprint density at radius 2 is 1.50 bits per heavy atom. The molecule has 0 bridgehead atoms. The first kappa shape index (κ1) is 29.7. The van der Waals surface area contributed by atoms with Crippen molar-refractivity contribution in [3.8, 4) is 0 Å². The van der Waals surface area contributed by atoms with Gasteiger partial charge in [-0.05, 0) is 6.07 Å². The highest BCUT2D eigenvalue weighted by Crippen LogP contribution is 2.70. The maximum Gasteiger partial charge on any atom is 0.490 e. The van der Waals surface area contributed by atoms with Crippen LogP contribution in [0.4, 0.5) is 0 Å². The molecule has 1 aromatic rings. The van der Waals surface area contributed by atoms with Gasteiger partial charge in [0.25, 0.3) is 0 Å². The van der Waals surface area contributed by atoms with Crippen LogP contribution in [0.5, 0.6) is 0 Å². The zero-order valence-electron chi connectivity index (χ0n) is 15.8. The average Bonchev–Trinajstić information content (AvgIpc) is 2.85. The van der Waals surface area contributed by atoms with E-state index in [0.29, 0.717) is 4.57 Å². The molecule has 9 N–H and O–H groups in total. The van der Waals surface area contributed by atoms with Crippen molar-refractivity contribution >= 4 is 43.5 Å². The molecule has 1 aliphatic heterocycles. The van der Waals surface area contributed by atoms with Crippen LogP contribution in [-0.4, -0.2) is 73.9 Å². The van der Waals surface area contributed by atoms with Gasteiger partial charge in [-0.1, -0.05) is 12.2 Å². The predicted molar refractivity (Wildman–Crippen MR) is 104 cm³/mol. The number of hydrogen-bond donors (Lipinski definition) is 9. The lowest BCUT2D eigenvalue weighted by Crippen LogP contribution is -2.39. The molecule has 1 saturated heterocycles. The Morgan fingerprint density at radius 3 is 2.03 bits per heavy atom. The highest BCUT2D eigenvalue weighted by molar-refractivity contribution is 7.71. The van der Waals surface area contributed by atoms with Gasteiger partial charge in [0.15, 0.2) is 12.5 Å². The molecule has 4 unspecified atom stereocenters. The minimum absolute atomic E-state index is 0.00171. The number of phosphoric acid groups is 4. The van der Waals surface area contributed by atoms with Crippen molar-refractivity contribution in [1.29, 1.82) is 0 Å². The fourth-order valence-electron chi connectivity index (χ4n) is 2.42. The number of ether oxygens (including phenoxy) is 1. The van der Waals surface area contributed by atoms with Crippen molar-refractivity contribution in [2.24, 2.45) is 0 Å². The van der Waals surface area contributed by atoms with Crippen molar-refractivity contribution < 1.29 is 80.2 Å². The van der Waals surface area contributed by atoms with Crippen molar-refractivity contribution in [3.63, 3.8) is 0 Å². The molecule has 0 aliphatic carbocycles. The van der Waals surface area contributed by atoms with Crippen LogP contribution in [0, 0.1) is 4.64 Å². The lowest BCUT2D eigenvalue weighted by molar-refractivity contribution is -0.161. The summed E-state index contributed by atoms with van der Waals surface area (Å²) in [7, 11) is -23.9. The van der Waals surface area contributed by atoms with Gasteiger partial charge in [-0.3, -0.25) is 14.1 Å². The van der Waals surface area contributed by atoms with Crippen LogP contribution in [0.15, 0.2) is 17.1 Å². The lowest BCUT2D eigenvalue weighted by Gasteiger charge is -2.24. The molecule has 1 fully saturated rings. The van der Waals surface area contributed by atoms with Gasteiger partial charge in [0.2, 0.25) is 0 Å². The number of aromatic amines is 1. The summed E-state index contributed by atoms with van der Waals surface area (Å²) < 4.78 is 65.4. The standard InChI is InChI=1S/C9H16N2O18P4S/c12-4-5(13)7(11-2-1-3(34)10-9(11)15)25-6(4)8(14)26-31(19,20)28-33(23,24)29-32(21,22)27-30(16,17)18/h1-2,4-8,12-14H,(H,19,20)(H,21,22)(H,23,24)(H,10,15,34)(H2,16,17,18)/t4-,5+,6-,7+,8?/m0/s1. The molecule has 2 rings (SSSR count). The Bertz CT molecular complexity index is 1210. The molecule has 1 aliphatic rings. The van der Waals surface area contributed by atoms with Crippen LogP contribution in [0.25, 0.3) is 0 Å². The number of nitrogens with one attached hydrogen (secondary N) is 1. The van der Waals surface area contributed by atoms with Crippen molar-refractivity contribution in [3.05, 3.63) is 27.4 Å². The van der Waals surface area contributed by atoms with Crippen molar-refractivity contribution in [2.75, 3.05) is 0 Å². The van der Waals surface area contributed by atoms with E-state index in [4.69, 9.17) is 31.6 Å². The fourth-order valence-corrected chi connectivity index (χ4v) is 7.05. The number of aromatic nitrogens is 2. The quantitative estimate of drug-likeness (QED) is 0.0826. The molecule has 0 amide bonds. The second kappa shape index (κ2) is 10.5. The van der Waals surface area contributed by atoms with E-state index in [9.17, 15) is 48.2 Å². The van der Waals surface area contributed by atoms with Gasteiger partial charge < -0.3 is 44.5 Å². The number of hydrogen-bond acceptors (Lipinski definition) is 14. The fraction of sp³-hybridized carbons (Fsp3) is 0.556. The summed E-state index contributed by atoms with van der Waals surface area (Å²) in [5, 5.41) is 30.1. The Kier molecular flexibility index (Phi) is 9.15. The first-order valence-electron chi connectivity index (χ1n) is 8.09. The second-order valence-electron chi connectivity index (χ2n) is 6.13. The SMILES string of the molecule is O=c1[nH]c(=S)ccn1[C@@H]1O[C@H](C(O)OP(=O)(O)OP(=O)(O)OP(=O)(O)OP(=O)(O)O)[C@@H](O)[C@H]1O. The van der Waals surface area contributed by atoms with E-state index >= 15 is 0 Å². The highest BCUT2D eigenvalue weighted by atomic mass is 32.1. The first-order valence-corrected chi connectivity index (χ1v) is 14.5. The number of aliphatic hydroxyl groups excluding tert-OH is 3. The summed E-state index contributed by atoms with van der Waals surface area (Å²) in [4.78, 5) is 58.8. The van der Waals surface area contributed by atoms with Crippen LogP contribution in [-0.2, 0) is 40.5 Å². The molecular formula is C9H16N2O18P4S. The molecule has 196 valence electrons. The van der Waals surface area contributed by atoms with E-state index < -0.39 is 67.8 Å². The molecule has 25 heteroatoms. The maximum absolute atomic E-state index is 11.9. The minimum Gasteiger partial charge on any atom is -0.387 e. The van der Waals surface area contributed by atoms with Crippen LogP contribution < -0.4 is 5.69 Å². The van der Waals surface area contributed by atoms with Crippen LogP contribution >= 0.6 is 43.5 Å². The van der Waals surface area contributed by atoms with E-state index in [0.717, 1.165) is 6.20 Å². The van der Waals surface area contributed by atoms with Crippen molar-refractivity contribution in [2.45, 2.75) is 30.8 Å². The molecule has 0 aromatic carbocycles. The van der Waals surface area contributed by atoms with Crippen LogP contribution in [0.2, 0.25) is 0 Å². The molecular weight excluding hydrogens is 580 g/mol. The van der Waals surface area contributed by atoms with Gasteiger partial charge in [-0.2, -0.15) is 12.9 Å². The molecule has 20 nitrogen and oxygen atoms in total. The summed E-state index contributed by atoms with van der Waals surface area (Å²) in [5.74, 6) is 0. The molecule has 0 saturated carbocycles. The van der Waals surface area contributed by atoms with Gasteiger partial charge in [-0.15, -0.1) is 0 Å².